The Kier molecular flexibility index (Phi) is 4.69. The van der Waals surface area contributed by atoms with Crippen LogP contribution in [0.1, 0.15) is 30.1 Å². The Bertz CT molecular complexity index is 843. The fraction of sp³-hybridized carbons (Fsp3) is 0.294. The van der Waals surface area contributed by atoms with Crippen LogP contribution in [0.3, 0.4) is 0 Å². The second-order valence-corrected chi connectivity index (χ2v) is 5.30. The number of hydrogen-bond donors (Lipinski definition) is 0. The summed E-state index contributed by atoms with van der Waals surface area (Å²) in [5, 5.41) is 4.87. The number of carbonyl (C=O) groups excluding carboxylic acids is 1. The van der Waals surface area contributed by atoms with Crippen LogP contribution in [-0.4, -0.2) is 32.3 Å². The largest absolute Gasteiger partial charge is 0.462 e. The first-order valence-electron chi connectivity index (χ1n) is 7.76. The van der Waals surface area contributed by atoms with Gasteiger partial charge in [0.05, 0.1) is 18.4 Å². The van der Waals surface area contributed by atoms with Crippen molar-refractivity contribution < 1.29 is 14.3 Å². The van der Waals surface area contributed by atoms with Gasteiger partial charge in [-0.1, -0.05) is 13.3 Å². The summed E-state index contributed by atoms with van der Waals surface area (Å²) in [6.45, 7) is 2.49. The summed E-state index contributed by atoms with van der Waals surface area (Å²) in [6.07, 6.45) is 4.94. The van der Waals surface area contributed by atoms with Crippen LogP contribution < -0.4 is 4.74 Å². The number of rotatable bonds is 6. The number of aryl methyl sites for hydroxylation is 1. The van der Waals surface area contributed by atoms with Gasteiger partial charge in [-0.25, -0.2) is 14.8 Å². The molecule has 7 heteroatoms. The molecule has 24 heavy (non-hydrogen) atoms. The number of benzene rings is 1. The molecule has 124 valence electrons. The van der Waals surface area contributed by atoms with Gasteiger partial charge in [-0.05, 0) is 30.7 Å². The van der Waals surface area contributed by atoms with Crippen molar-refractivity contribution in [2.24, 2.45) is 7.05 Å². The van der Waals surface area contributed by atoms with Crippen molar-refractivity contribution in [3.05, 3.63) is 42.4 Å². The molecule has 0 aliphatic carbocycles. The molecule has 0 saturated heterocycles. The molecule has 7 nitrogen and oxygen atoms in total. The number of aromatic nitrogens is 4. The predicted molar refractivity (Wildman–Crippen MR) is 88.0 cm³/mol. The molecule has 1 aromatic carbocycles. The Labute approximate surface area is 139 Å². The zero-order valence-electron chi connectivity index (χ0n) is 13.6. The molecule has 2 heterocycles. The van der Waals surface area contributed by atoms with Crippen LogP contribution in [0.5, 0.6) is 11.6 Å². The lowest BCUT2D eigenvalue weighted by Crippen LogP contribution is -2.06. The van der Waals surface area contributed by atoms with Crippen molar-refractivity contribution in [3.8, 4) is 11.6 Å². The van der Waals surface area contributed by atoms with Gasteiger partial charge in [-0.15, -0.1) is 0 Å². The van der Waals surface area contributed by atoms with E-state index in [-0.39, 0.29) is 5.97 Å². The van der Waals surface area contributed by atoms with Crippen LogP contribution in [0.4, 0.5) is 0 Å². The highest BCUT2D eigenvalue weighted by Gasteiger charge is 2.11. The number of esters is 1. The number of fused-ring (bicyclic) bond motifs is 1. The summed E-state index contributed by atoms with van der Waals surface area (Å²) < 4.78 is 12.6. The Morgan fingerprint density at radius 1 is 1.21 bits per heavy atom. The van der Waals surface area contributed by atoms with E-state index in [0.717, 1.165) is 18.2 Å². The molecule has 0 spiro atoms. The summed E-state index contributed by atoms with van der Waals surface area (Å²) in [4.78, 5) is 20.2. The summed E-state index contributed by atoms with van der Waals surface area (Å²) in [7, 11) is 1.80. The third kappa shape index (κ3) is 3.34. The predicted octanol–water partition coefficient (Wildman–Crippen LogP) is 3.11. The van der Waals surface area contributed by atoms with Gasteiger partial charge in [-0.2, -0.15) is 5.10 Å². The highest BCUT2D eigenvalue weighted by atomic mass is 16.5. The van der Waals surface area contributed by atoms with Gasteiger partial charge in [0.15, 0.2) is 5.65 Å². The Morgan fingerprint density at radius 3 is 2.75 bits per heavy atom. The maximum atomic E-state index is 11.9. The van der Waals surface area contributed by atoms with E-state index in [0.29, 0.717) is 29.4 Å². The first-order valence-corrected chi connectivity index (χ1v) is 7.76. The molecule has 0 unspecified atom stereocenters. The number of hydrogen-bond acceptors (Lipinski definition) is 6. The van der Waals surface area contributed by atoms with Crippen molar-refractivity contribution in [1.29, 1.82) is 0 Å². The number of unbranched alkanes of at least 4 members (excludes halogenated alkanes) is 1. The lowest BCUT2D eigenvalue weighted by Gasteiger charge is -2.07. The Balaban J connectivity index is 1.73. The van der Waals surface area contributed by atoms with Gasteiger partial charge in [0.1, 0.15) is 17.5 Å². The summed E-state index contributed by atoms with van der Waals surface area (Å²) in [6, 6.07) is 6.76. The monoisotopic (exact) mass is 326 g/mol. The first-order chi connectivity index (χ1) is 11.7. The average Bonchev–Trinajstić information content (AvgIpc) is 2.98. The molecule has 0 saturated carbocycles. The molecule has 0 N–H and O–H groups in total. The molecule has 0 atom stereocenters. The fourth-order valence-corrected chi connectivity index (χ4v) is 2.19. The fourth-order valence-electron chi connectivity index (χ4n) is 2.19. The average molecular weight is 326 g/mol. The molecule has 3 aromatic rings. The summed E-state index contributed by atoms with van der Waals surface area (Å²) in [5.41, 5.74) is 1.18. The minimum absolute atomic E-state index is 0.327. The Morgan fingerprint density at radius 2 is 2.00 bits per heavy atom. The summed E-state index contributed by atoms with van der Waals surface area (Å²) in [5.74, 6) is 0.669. The van der Waals surface area contributed by atoms with Crippen LogP contribution >= 0.6 is 0 Å². The van der Waals surface area contributed by atoms with E-state index in [2.05, 4.69) is 15.1 Å². The molecular formula is C17H18N4O3. The molecule has 0 aliphatic heterocycles. The number of carbonyl (C=O) groups is 1. The van der Waals surface area contributed by atoms with Gasteiger partial charge >= 0.3 is 5.97 Å². The quantitative estimate of drug-likeness (QED) is 0.511. The SMILES string of the molecule is CCCCOC(=O)c1ccc(Oc2ncnc3c2cnn3C)cc1. The van der Waals surface area contributed by atoms with E-state index < -0.39 is 0 Å². The number of nitrogens with zero attached hydrogens (tertiary/aromatic N) is 4. The molecule has 0 bridgehead atoms. The van der Waals surface area contributed by atoms with E-state index in [1.807, 2.05) is 6.92 Å². The van der Waals surface area contributed by atoms with Crippen LogP contribution in [0.2, 0.25) is 0 Å². The molecule has 0 aliphatic rings. The van der Waals surface area contributed by atoms with Crippen LogP contribution in [0, 0.1) is 0 Å². The van der Waals surface area contributed by atoms with Crippen LogP contribution in [0.15, 0.2) is 36.8 Å². The first kappa shape index (κ1) is 15.9. The van der Waals surface area contributed by atoms with E-state index >= 15 is 0 Å². The highest BCUT2D eigenvalue weighted by Crippen LogP contribution is 2.26. The van der Waals surface area contributed by atoms with Crippen molar-refractivity contribution in [1.82, 2.24) is 19.7 Å². The maximum absolute atomic E-state index is 11.9. The number of ether oxygens (including phenoxy) is 2. The van der Waals surface area contributed by atoms with Gasteiger partial charge < -0.3 is 9.47 Å². The Hall–Kier alpha value is -2.96. The third-order valence-electron chi connectivity index (χ3n) is 3.53. The minimum Gasteiger partial charge on any atom is -0.462 e. The maximum Gasteiger partial charge on any atom is 0.338 e. The van der Waals surface area contributed by atoms with Gasteiger partial charge in [0, 0.05) is 7.05 Å². The van der Waals surface area contributed by atoms with Gasteiger partial charge in [0.25, 0.3) is 0 Å². The van der Waals surface area contributed by atoms with Crippen molar-refractivity contribution in [2.45, 2.75) is 19.8 Å². The molecule has 0 amide bonds. The lowest BCUT2D eigenvalue weighted by molar-refractivity contribution is 0.0499. The van der Waals surface area contributed by atoms with Gasteiger partial charge in [0.2, 0.25) is 5.88 Å². The van der Waals surface area contributed by atoms with Crippen molar-refractivity contribution >= 4 is 17.0 Å². The zero-order chi connectivity index (χ0) is 16.9. The lowest BCUT2D eigenvalue weighted by atomic mass is 10.2. The van der Waals surface area contributed by atoms with Gasteiger partial charge in [-0.3, -0.25) is 4.68 Å². The topological polar surface area (TPSA) is 79.1 Å². The molecule has 0 fully saturated rings. The third-order valence-corrected chi connectivity index (χ3v) is 3.53. The molecule has 3 rings (SSSR count). The molecular weight excluding hydrogens is 308 g/mol. The van der Waals surface area contributed by atoms with Crippen molar-refractivity contribution in [3.63, 3.8) is 0 Å². The minimum atomic E-state index is -0.327. The zero-order valence-corrected chi connectivity index (χ0v) is 13.6. The van der Waals surface area contributed by atoms with E-state index in [9.17, 15) is 4.79 Å². The van der Waals surface area contributed by atoms with Crippen molar-refractivity contribution in [2.75, 3.05) is 6.61 Å². The standard InChI is InChI=1S/C17H18N4O3/c1-3-4-9-23-17(22)12-5-7-13(8-6-12)24-16-14-10-20-21(2)15(14)18-11-19-16/h5-8,10-11H,3-4,9H2,1-2H3. The second-order valence-electron chi connectivity index (χ2n) is 5.30. The summed E-state index contributed by atoms with van der Waals surface area (Å²) >= 11 is 0. The second kappa shape index (κ2) is 7.08. The van der Waals surface area contributed by atoms with E-state index in [1.54, 1.807) is 42.2 Å². The molecule has 0 radical (unpaired) electrons. The molecule has 2 aromatic heterocycles. The highest BCUT2D eigenvalue weighted by molar-refractivity contribution is 5.89. The van der Waals surface area contributed by atoms with Crippen LogP contribution in [0.25, 0.3) is 11.0 Å². The van der Waals surface area contributed by atoms with E-state index in [1.165, 1.54) is 6.33 Å². The van der Waals surface area contributed by atoms with Crippen LogP contribution in [-0.2, 0) is 11.8 Å². The smallest absolute Gasteiger partial charge is 0.338 e. The normalized spacial score (nSPS) is 10.8. The van der Waals surface area contributed by atoms with E-state index in [4.69, 9.17) is 9.47 Å².